The molecule has 148 valence electrons. The second kappa shape index (κ2) is 7.61. The molecule has 4 aromatic heterocycles. The number of hydrogen-bond donors (Lipinski definition) is 3. The summed E-state index contributed by atoms with van der Waals surface area (Å²) in [6.07, 6.45) is 6.53. The first-order valence-electron chi connectivity index (χ1n) is 10.2. The highest BCUT2D eigenvalue weighted by molar-refractivity contribution is 7.13. The van der Waals surface area contributed by atoms with Crippen LogP contribution in [0.1, 0.15) is 46.7 Å². The summed E-state index contributed by atoms with van der Waals surface area (Å²) in [6, 6.07) is 10.8. The van der Waals surface area contributed by atoms with E-state index in [-0.39, 0.29) is 0 Å². The molecule has 1 fully saturated rings. The average Bonchev–Trinajstić information content (AvgIpc) is 3.49. The fourth-order valence-electron chi connectivity index (χ4n) is 4.16. The average molecular weight is 404 g/mol. The number of aromatic amines is 2. The zero-order chi connectivity index (χ0) is 19.8. The van der Waals surface area contributed by atoms with Gasteiger partial charge in [-0.15, -0.1) is 11.3 Å². The lowest BCUT2D eigenvalue weighted by Crippen LogP contribution is -2.27. The number of pyridine rings is 1. The first-order chi connectivity index (χ1) is 14.2. The van der Waals surface area contributed by atoms with Crippen molar-refractivity contribution in [2.24, 2.45) is 0 Å². The molecule has 0 saturated carbocycles. The molecule has 0 bridgehead atoms. The van der Waals surface area contributed by atoms with Crippen molar-refractivity contribution in [3.8, 4) is 11.4 Å². The molecule has 0 aliphatic carbocycles. The lowest BCUT2D eigenvalue weighted by molar-refractivity contribution is 0.454. The van der Waals surface area contributed by atoms with Crippen molar-refractivity contribution in [3.63, 3.8) is 0 Å². The summed E-state index contributed by atoms with van der Waals surface area (Å²) in [5.41, 5.74) is 7.41. The topological polar surface area (TPSA) is 69.4 Å². The molecule has 29 heavy (non-hydrogen) atoms. The summed E-state index contributed by atoms with van der Waals surface area (Å²) in [6.45, 7) is 6.37. The highest BCUT2D eigenvalue weighted by atomic mass is 32.1. The molecule has 1 aliphatic rings. The minimum Gasteiger partial charge on any atom is -0.359 e. The minimum atomic E-state index is 0.527. The number of thiophene rings is 1. The van der Waals surface area contributed by atoms with Gasteiger partial charge in [0.1, 0.15) is 11.2 Å². The van der Waals surface area contributed by atoms with Gasteiger partial charge in [0.15, 0.2) is 0 Å². The van der Waals surface area contributed by atoms with Crippen molar-refractivity contribution < 1.29 is 0 Å². The molecule has 0 amide bonds. The molecule has 0 radical (unpaired) electrons. The Kier molecular flexibility index (Phi) is 4.81. The van der Waals surface area contributed by atoms with Gasteiger partial charge in [-0.25, -0.2) is 4.98 Å². The smallest absolute Gasteiger partial charge is 0.135 e. The zero-order valence-electron chi connectivity index (χ0n) is 16.7. The van der Waals surface area contributed by atoms with E-state index in [1.54, 1.807) is 0 Å². The normalized spacial score (nSPS) is 16.0. The van der Waals surface area contributed by atoms with E-state index in [1.807, 2.05) is 11.3 Å². The summed E-state index contributed by atoms with van der Waals surface area (Å²) in [7, 11) is 0. The van der Waals surface area contributed by atoms with Crippen LogP contribution in [-0.4, -0.2) is 33.3 Å². The van der Waals surface area contributed by atoms with E-state index in [4.69, 9.17) is 4.98 Å². The van der Waals surface area contributed by atoms with E-state index < -0.39 is 0 Å². The maximum absolute atomic E-state index is 5.02. The van der Waals surface area contributed by atoms with Crippen molar-refractivity contribution in [2.75, 3.05) is 13.1 Å². The number of aromatic nitrogens is 4. The molecular weight excluding hydrogens is 378 g/mol. The minimum absolute atomic E-state index is 0.527. The van der Waals surface area contributed by atoms with Crippen LogP contribution < -0.4 is 5.32 Å². The lowest BCUT2D eigenvalue weighted by atomic mass is 9.94. The van der Waals surface area contributed by atoms with E-state index in [0.29, 0.717) is 5.92 Å². The summed E-state index contributed by atoms with van der Waals surface area (Å²) >= 11 is 1.82. The van der Waals surface area contributed by atoms with Gasteiger partial charge in [0.2, 0.25) is 0 Å². The molecule has 4 aromatic rings. The Bertz CT molecular complexity index is 1170. The van der Waals surface area contributed by atoms with Crippen LogP contribution in [-0.2, 0) is 0 Å². The predicted octanol–water partition coefficient (Wildman–Crippen LogP) is 5.24. The van der Waals surface area contributed by atoms with Crippen LogP contribution in [0.2, 0.25) is 0 Å². The van der Waals surface area contributed by atoms with Gasteiger partial charge in [-0.1, -0.05) is 6.08 Å². The number of hydrogen-bond acceptors (Lipinski definition) is 4. The SMILES string of the molecule is C/C=C(\c1c[nH]c(-c2n[nH]c3ccc(C4CCNCC4)nc23)c1)c1ccc(C)s1. The molecule has 5 rings (SSSR count). The molecule has 0 spiro atoms. The number of H-pyrrole nitrogens is 2. The van der Waals surface area contributed by atoms with Gasteiger partial charge >= 0.3 is 0 Å². The van der Waals surface area contributed by atoms with Crippen molar-refractivity contribution in [1.82, 2.24) is 25.5 Å². The Morgan fingerprint density at radius 2 is 2.03 bits per heavy atom. The molecule has 1 aliphatic heterocycles. The maximum Gasteiger partial charge on any atom is 0.135 e. The second-order valence-corrected chi connectivity index (χ2v) is 8.93. The number of rotatable bonds is 4. The van der Waals surface area contributed by atoms with Crippen molar-refractivity contribution in [2.45, 2.75) is 32.6 Å². The maximum atomic E-state index is 5.02. The standard InChI is InChI=1S/C23H25N5S/c1-3-17(21-7-4-14(2)29-21)16-12-20(25-13-16)23-22-19(27-28-23)6-5-18(26-22)15-8-10-24-11-9-15/h3-7,12-13,15,24-25H,8-11H2,1-2H3,(H,27,28)/b17-3+. The van der Waals surface area contributed by atoms with E-state index >= 15 is 0 Å². The van der Waals surface area contributed by atoms with Crippen molar-refractivity contribution in [3.05, 3.63) is 63.6 Å². The van der Waals surface area contributed by atoms with E-state index in [0.717, 1.165) is 48.4 Å². The van der Waals surface area contributed by atoms with E-state index in [1.165, 1.54) is 26.6 Å². The highest BCUT2D eigenvalue weighted by Crippen LogP contribution is 2.33. The Balaban J connectivity index is 1.51. The van der Waals surface area contributed by atoms with Crippen LogP contribution in [0.15, 0.2) is 42.6 Å². The van der Waals surface area contributed by atoms with Crippen LogP contribution in [0.3, 0.4) is 0 Å². The molecule has 6 heteroatoms. The summed E-state index contributed by atoms with van der Waals surface area (Å²) in [5, 5.41) is 11.2. The van der Waals surface area contributed by atoms with Crippen LogP contribution in [0.5, 0.6) is 0 Å². The molecule has 0 atom stereocenters. The Morgan fingerprint density at radius 1 is 1.17 bits per heavy atom. The molecule has 5 nitrogen and oxygen atoms in total. The Hall–Kier alpha value is -2.70. The van der Waals surface area contributed by atoms with Gasteiger partial charge in [-0.3, -0.25) is 5.10 Å². The van der Waals surface area contributed by atoms with Crippen LogP contribution in [0.25, 0.3) is 28.0 Å². The largest absolute Gasteiger partial charge is 0.359 e. The third kappa shape index (κ3) is 3.43. The number of nitrogens with one attached hydrogen (secondary N) is 3. The molecule has 0 unspecified atom stereocenters. The molecule has 0 aromatic carbocycles. The quantitative estimate of drug-likeness (QED) is 0.436. The summed E-state index contributed by atoms with van der Waals surface area (Å²) in [4.78, 5) is 11.0. The van der Waals surface area contributed by atoms with Gasteiger partial charge in [-0.2, -0.15) is 5.10 Å². The third-order valence-corrected chi connectivity index (χ3v) is 6.76. The number of fused-ring (bicyclic) bond motifs is 1. The second-order valence-electron chi connectivity index (χ2n) is 7.64. The fourth-order valence-corrected chi connectivity index (χ4v) is 5.13. The van der Waals surface area contributed by atoms with Crippen LogP contribution in [0.4, 0.5) is 0 Å². The summed E-state index contributed by atoms with van der Waals surface area (Å²) < 4.78 is 0. The molecule has 5 heterocycles. The monoisotopic (exact) mass is 403 g/mol. The lowest BCUT2D eigenvalue weighted by Gasteiger charge is -2.22. The van der Waals surface area contributed by atoms with Crippen molar-refractivity contribution in [1.29, 1.82) is 0 Å². The molecule has 1 saturated heterocycles. The van der Waals surface area contributed by atoms with Gasteiger partial charge in [-0.05, 0) is 75.7 Å². The van der Waals surface area contributed by atoms with Gasteiger partial charge in [0, 0.05) is 33.1 Å². The van der Waals surface area contributed by atoms with Crippen LogP contribution in [0, 0.1) is 6.92 Å². The number of aryl methyl sites for hydroxylation is 1. The zero-order valence-corrected chi connectivity index (χ0v) is 17.6. The third-order valence-electron chi connectivity index (χ3n) is 5.73. The predicted molar refractivity (Wildman–Crippen MR) is 120 cm³/mol. The van der Waals surface area contributed by atoms with Gasteiger partial charge < -0.3 is 10.3 Å². The number of allylic oxidation sites excluding steroid dienone is 1. The molecule has 3 N–H and O–H groups in total. The number of piperidine rings is 1. The number of nitrogens with zero attached hydrogens (tertiary/aromatic N) is 2. The summed E-state index contributed by atoms with van der Waals surface area (Å²) in [5.74, 6) is 0.527. The fraction of sp³-hybridized carbons (Fsp3) is 0.304. The van der Waals surface area contributed by atoms with Crippen molar-refractivity contribution >= 4 is 27.9 Å². The Morgan fingerprint density at radius 3 is 2.79 bits per heavy atom. The Labute approximate surface area is 174 Å². The highest BCUT2D eigenvalue weighted by Gasteiger charge is 2.19. The van der Waals surface area contributed by atoms with Gasteiger partial charge in [0.25, 0.3) is 0 Å². The molecular formula is C23H25N5S. The van der Waals surface area contributed by atoms with Gasteiger partial charge in [0.05, 0.1) is 11.2 Å². The first-order valence-corrected chi connectivity index (χ1v) is 11.0. The first kappa shape index (κ1) is 18.3. The van der Waals surface area contributed by atoms with E-state index in [9.17, 15) is 0 Å². The van der Waals surface area contributed by atoms with E-state index in [2.05, 4.69) is 77.0 Å². The van der Waals surface area contributed by atoms with Crippen LogP contribution >= 0.6 is 11.3 Å².